The fourth-order valence-corrected chi connectivity index (χ4v) is 2.79. The first-order valence-corrected chi connectivity index (χ1v) is 8.55. The number of hydrogen-bond acceptors (Lipinski definition) is 3. The number of nitrogens with one attached hydrogen (secondary N) is 1. The van der Waals surface area contributed by atoms with Gasteiger partial charge in [-0.2, -0.15) is 0 Å². The molecule has 1 fully saturated rings. The Hall–Kier alpha value is -2.82. The second-order valence-electron chi connectivity index (χ2n) is 6.07. The zero-order chi connectivity index (χ0) is 17.5. The molecule has 2 aromatic rings. The van der Waals surface area contributed by atoms with Gasteiger partial charge < -0.3 is 15.0 Å². The average Bonchev–Trinajstić information content (AvgIpc) is 3.20. The van der Waals surface area contributed by atoms with Crippen LogP contribution in [0.2, 0.25) is 0 Å². The van der Waals surface area contributed by atoms with Crippen LogP contribution in [0.25, 0.3) is 0 Å². The molecule has 0 aliphatic carbocycles. The van der Waals surface area contributed by atoms with E-state index in [4.69, 9.17) is 4.74 Å². The minimum atomic E-state index is -0.180. The summed E-state index contributed by atoms with van der Waals surface area (Å²) in [7, 11) is 0. The van der Waals surface area contributed by atoms with E-state index in [0.717, 1.165) is 31.5 Å². The smallest absolute Gasteiger partial charge is 0.258 e. The van der Waals surface area contributed by atoms with Crippen molar-refractivity contribution in [1.29, 1.82) is 0 Å². The second-order valence-corrected chi connectivity index (χ2v) is 6.07. The lowest BCUT2D eigenvalue weighted by atomic mass is 10.1. The highest BCUT2D eigenvalue weighted by Gasteiger charge is 2.19. The van der Waals surface area contributed by atoms with Gasteiger partial charge in [-0.25, -0.2) is 0 Å². The van der Waals surface area contributed by atoms with Gasteiger partial charge in [0, 0.05) is 25.2 Å². The number of carbonyl (C=O) groups is 2. The largest absolute Gasteiger partial charge is 0.484 e. The van der Waals surface area contributed by atoms with Gasteiger partial charge in [-0.15, -0.1) is 0 Å². The number of likely N-dealkylation sites (tertiary alicyclic amines) is 1. The summed E-state index contributed by atoms with van der Waals surface area (Å²) < 4.78 is 5.40. The zero-order valence-electron chi connectivity index (χ0n) is 14.1. The fraction of sp³-hybridized carbons (Fsp3) is 0.300. The van der Waals surface area contributed by atoms with Crippen LogP contribution in [0.1, 0.15) is 28.8 Å². The number of benzene rings is 2. The van der Waals surface area contributed by atoms with E-state index in [2.05, 4.69) is 5.32 Å². The lowest BCUT2D eigenvalue weighted by Gasteiger charge is -2.15. The Morgan fingerprint density at radius 2 is 1.64 bits per heavy atom. The summed E-state index contributed by atoms with van der Waals surface area (Å²) in [5.41, 5.74) is 1.65. The third-order valence-electron chi connectivity index (χ3n) is 4.20. The maximum Gasteiger partial charge on any atom is 0.258 e. The molecule has 5 nitrogen and oxygen atoms in total. The molecule has 2 aromatic carbocycles. The Kier molecular flexibility index (Phi) is 5.67. The molecule has 130 valence electrons. The molecule has 0 atom stereocenters. The number of hydrogen-bond donors (Lipinski definition) is 1. The predicted molar refractivity (Wildman–Crippen MR) is 95.4 cm³/mol. The van der Waals surface area contributed by atoms with Crippen molar-refractivity contribution in [1.82, 2.24) is 10.2 Å². The summed E-state index contributed by atoms with van der Waals surface area (Å²) in [6, 6.07) is 16.6. The molecule has 0 bridgehead atoms. The van der Waals surface area contributed by atoms with E-state index in [1.807, 2.05) is 59.5 Å². The molecule has 25 heavy (non-hydrogen) atoms. The van der Waals surface area contributed by atoms with E-state index in [0.29, 0.717) is 17.9 Å². The monoisotopic (exact) mass is 338 g/mol. The fourth-order valence-electron chi connectivity index (χ4n) is 2.79. The minimum absolute atomic E-state index is 0.0183. The van der Waals surface area contributed by atoms with Crippen molar-refractivity contribution >= 4 is 11.8 Å². The zero-order valence-corrected chi connectivity index (χ0v) is 14.1. The Morgan fingerprint density at radius 1 is 0.960 bits per heavy atom. The SMILES string of the molecule is O=C(COc1ccccc1)NCc1ccc(C(=O)N2CCCC2)cc1. The van der Waals surface area contributed by atoms with Gasteiger partial charge in [0.25, 0.3) is 11.8 Å². The van der Waals surface area contributed by atoms with Gasteiger partial charge in [0.2, 0.25) is 0 Å². The summed E-state index contributed by atoms with van der Waals surface area (Å²) in [4.78, 5) is 26.0. The molecule has 1 N–H and O–H groups in total. The topological polar surface area (TPSA) is 58.6 Å². The first kappa shape index (κ1) is 17.0. The van der Waals surface area contributed by atoms with Crippen molar-refractivity contribution < 1.29 is 14.3 Å². The Labute approximate surface area is 147 Å². The lowest BCUT2D eigenvalue weighted by molar-refractivity contribution is -0.123. The van der Waals surface area contributed by atoms with Gasteiger partial charge in [-0.1, -0.05) is 30.3 Å². The summed E-state index contributed by atoms with van der Waals surface area (Å²) in [5.74, 6) is 0.577. The van der Waals surface area contributed by atoms with Crippen LogP contribution < -0.4 is 10.1 Å². The molecule has 0 radical (unpaired) electrons. The van der Waals surface area contributed by atoms with Gasteiger partial charge in [-0.05, 0) is 42.7 Å². The summed E-state index contributed by atoms with van der Waals surface area (Å²) in [5, 5.41) is 2.81. The molecule has 0 aromatic heterocycles. The second kappa shape index (κ2) is 8.33. The molecular weight excluding hydrogens is 316 g/mol. The maximum atomic E-state index is 12.3. The van der Waals surface area contributed by atoms with E-state index in [1.165, 1.54) is 0 Å². The molecular formula is C20H22N2O3. The molecule has 0 spiro atoms. The maximum absolute atomic E-state index is 12.3. The Balaban J connectivity index is 1.45. The highest BCUT2D eigenvalue weighted by Crippen LogP contribution is 2.13. The van der Waals surface area contributed by atoms with Gasteiger partial charge in [-0.3, -0.25) is 9.59 Å². The minimum Gasteiger partial charge on any atom is -0.484 e. The van der Waals surface area contributed by atoms with Crippen molar-refractivity contribution in [2.24, 2.45) is 0 Å². The molecule has 0 saturated carbocycles. The molecule has 3 rings (SSSR count). The lowest BCUT2D eigenvalue weighted by Crippen LogP contribution is -2.29. The molecule has 0 unspecified atom stereocenters. The van der Waals surface area contributed by atoms with Crippen molar-refractivity contribution in [2.75, 3.05) is 19.7 Å². The predicted octanol–water partition coefficient (Wildman–Crippen LogP) is 2.62. The van der Waals surface area contributed by atoms with Gasteiger partial charge in [0.1, 0.15) is 5.75 Å². The number of ether oxygens (including phenoxy) is 1. The van der Waals surface area contributed by atoms with Crippen LogP contribution in [0.15, 0.2) is 54.6 Å². The van der Waals surface area contributed by atoms with Crippen LogP contribution in [0.4, 0.5) is 0 Å². The first-order chi connectivity index (χ1) is 12.2. The molecule has 2 amide bonds. The van der Waals surface area contributed by atoms with Crippen LogP contribution in [0.3, 0.4) is 0 Å². The summed E-state index contributed by atoms with van der Waals surface area (Å²) >= 11 is 0. The first-order valence-electron chi connectivity index (χ1n) is 8.55. The Morgan fingerprint density at radius 3 is 2.32 bits per heavy atom. The molecule has 5 heteroatoms. The van der Waals surface area contributed by atoms with Crippen LogP contribution in [-0.4, -0.2) is 36.4 Å². The molecule has 1 heterocycles. The van der Waals surface area contributed by atoms with Crippen molar-refractivity contribution in [3.63, 3.8) is 0 Å². The van der Waals surface area contributed by atoms with E-state index in [-0.39, 0.29) is 18.4 Å². The molecule has 1 aliphatic rings. The van der Waals surface area contributed by atoms with Crippen molar-refractivity contribution in [3.8, 4) is 5.75 Å². The number of rotatable bonds is 6. The number of para-hydroxylation sites is 1. The van der Waals surface area contributed by atoms with E-state index < -0.39 is 0 Å². The van der Waals surface area contributed by atoms with E-state index in [1.54, 1.807) is 0 Å². The highest BCUT2D eigenvalue weighted by atomic mass is 16.5. The van der Waals surface area contributed by atoms with Crippen LogP contribution in [0, 0.1) is 0 Å². The van der Waals surface area contributed by atoms with Gasteiger partial charge in [0.15, 0.2) is 6.61 Å². The van der Waals surface area contributed by atoms with E-state index in [9.17, 15) is 9.59 Å². The molecule has 1 aliphatic heterocycles. The standard InChI is InChI=1S/C20H22N2O3/c23-19(15-25-18-6-2-1-3-7-18)21-14-16-8-10-17(11-9-16)20(24)22-12-4-5-13-22/h1-3,6-11H,4-5,12-15H2,(H,21,23). The third-order valence-corrected chi connectivity index (χ3v) is 4.20. The van der Waals surface area contributed by atoms with Gasteiger partial charge in [0.05, 0.1) is 0 Å². The molecule has 1 saturated heterocycles. The number of amides is 2. The Bertz CT molecular complexity index is 707. The third kappa shape index (κ3) is 4.83. The van der Waals surface area contributed by atoms with Gasteiger partial charge >= 0.3 is 0 Å². The summed E-state index contributed by atoms with van der Waals surface area (Å²) in [6.45, 7) is 2.08. The van der Waals surface area contributed by atoms with Crippen LogP contribution >= 0.6 is 0 Å². The van der Waals surface area contributed by atoms with E-state index >= 15 is 0 Å². The number of nitrogens with zero attached hydrogens (tertiary/aromatic N) is 1. The van der Waals surface area contributed by atoms with Crippen LogP contribution in [-0.2, 0) is 11.3 Å². The quantitative estimate of drug-likeness (QED) is 0.881. The average molecular weight is 338 g/mol. The number of carbonyl (C=O) groups excluding carboxylic acids is 2. The normalized spacial score (nSPS) is 13.5. The summed E-state index contributed by atoms with van der Waals surface area (Å²) in [6.07, 6.45) is 2.17. The van der Waals surface area contributed by atoms with Crippen LogP contribution in [0.5, 0.6) is 5.75 Å². The van der Waals surface area contributed by atoms with Crippen molar-refractivity contribution in [3.05, 3.63) is 65.7 Å². The highest BCUT2D eigenvalue weighted by molar-refractivity contribution is 5.94. The van der Waals surface area contributed by atoms with Crippen molar-refractivity contribution in [2.45, 2.75) is 19.4 Å².